The number of aryl methyl sites for hydroxylation is 1. The van der Waals surface area contributed by atoms with Crippen molar-refractivity contribution in [2.75, 3.05) is 0 Å². The fourth-order valence-electron chi connectivity index (χ4n) is 3.64. The molecule has 0 amide bonds. The van der Waals surface area contributed by atoms with Crippen LogP contribution in [0.15, 0.2) is 52.9 Å². The molecular formula is C21H20O. The second kappa shape index (κ2) is 4.36. The van der Waals surface area contributed by atoms with Crippen LogP contribution in [0.25, 0.3) is 32.7 Å². The molecule has 22 heavy (non-hydrogen) atoms. The Balaban J connectivity index is 2.27. The molecule has 0 fully saturated rings. The summed E-state index contributed by atoms with van der Waals surface area (Å²) in [6, 6.07) is 17.2. The van der Waals surface area contributed by atoms with Gasteiger partial charge in [-0.05, 0) is 34.7 Å². The van der Waals surface area contributed by atoms with Crippen LogP contribution in [0, 0.1) is 6.92 Å². The van der Waals surface area contributed by atoms with Crippen molar-refractivity contribution in [3.8, 4) is 0 Å². The Morgan fingerprint density at radius 3 is 2.36 bits per heavy atom. The van der Waals surface area contributed by atoms with Crippen molar-refractivity contribution in [1.82, 2.24) is 0 Å². The highest BCUT2D eigenvalue weighted by atomic mass is 16.3. The summed E-state index contributed by atoms with van der Waals surface area (Å²) in [7, 11) is 0. The van der Waals surface area contributed by atoms with Crippen molar-refractivity contribution in [3.63, 3.8) is 0 Å². The van der Waals surface area contributed by atoms with Crippen molar-refractivity contribution in [2.45, 2.75) is 33.1 Å². The zero-order valence-electron chi connectivity index (χ0n) is 13.5. The van der Waals surface area contributed by atoms with Crippen LogP contribution >= 0.6 is 0 Å². The molecule has 1 nitrogen and oxygen atoms in total. The molecule has 1 aromatic heterocycles. The average molecular weight is 288 g/mol. The molecule has 110 valence electrons. The molecule has 0 radical (unpaired) electrons. The highest BCUT2D eigenvalue weighted by Crippen LogP contribution is 2.40. The molecule has 0 N–H and O–H groups in total. The SMILES string of the molecule is Cc1ccc2c(oc3ccc4ccccc4c32)c1C(C)(C)C. The van der Waals surface area contributed by atoms with Gasteiger partial charge in [0.15, 0.2) is 0 Å². The number of fused-ring (bicyclic) bond motifs is 5. The Morgan fingerprint density at radius 1 is 0.818 bits per heavy atom. The molecule has 0 aliphatic heterocycles. The Bertz CT molecular complexity index is 1010. The van der Waals surface area contributed by atoms with Gasteiger partial charge in [0.2, 0.25) is 0 Å². The molecule has 0 saturated heterocycles. The van der Waals surface area contributed by atoms with Crippen LogP contribution in [0.3, 0.4) is 0 Å². The second-order valence-electron chi connectivity index (χ2n) is 7.15. The Labute approximate surface area is 130 Å². The largest absolute Gasteiger partial charge is 0.456 e. The average Bonchev–Trinajstić information content (AvgIpc) is 2.84. The van der Waals surface area contributed by atoms with Crippen molar-refractivity contribution in [1.29, 1.82) is 0 Å². The van der Waals surface area contributed by atoms with E-state index in [9.17, 15) is 0 Å². The highest BCUT2D eigenvalue weighted by molar-refractivity contribution is 6.19. The normalized spacial score (nSPS) is 12.5. The van der Waals surface area contributed by atoms with Crippen LogP contribution in [0.1, 0.15) is 31.9 Å². The van der Waals surface area contributed by atoms with Crippen LogP contribution in [-0.4, -0.2) is 0 Å². The quantitative estimate of drug-likeness (QED) is 0.367. The molecule has 4 rings (SSSR count). The van der Waals surface area contributed by atoms with Gasteiger partial charge in [0, 0.05) is 16.3 Å². The van der Waals surface area contributed by atoms with Gasteiger partial charge in [0.05, 0.1) is 0 Å². The van der Waals surface area contributed by atoms with E-state index < -0.39 is 0 Å². The van der Waals surface area contributed by atoms with Gasteiger partial charge in [-0.25, -0.2) is 0 Å². The first kappa shape index (κ1) is 13.4. The van der Waals surface area contributed by atoms with E-state index in [4.69, 9.17) is 4.42 Å². The number of hydrogen-bond donors (Lipinski definition) is 0. The van der Waals surface area contributed by atoms with Gasteiger partial charge in [-0.15, -0.1) is 0 Å². The van der Waals surface area contributed by atoms with Crippen LogP contribution in [0.2, 0.25) is 0 Å². The smallest absolute Gasteiger partial charge is 0.139 e. The maximum absolute atomic E-state index is 6.30. The summed E-state index contributed by atoms with van der Waals surface area (Å²) in [5, 5.41) is 4.99. The number of rotatable bonds is 0. The summed E-state index contributed by atoms with van der Waals surface area (Å²) in [6.07, 6.45) is 0. The minimum absolute atomic E-state index is 0.0628. The van der Waals surface area contributed by atoms with Gasteiger partial charge >= 0.3 is 0 Å². The van der Waals surface area contributed by atoms with E-state index in [2.05, 4.69) is 76.2 Å². The monoisotopic (exact) mass is 288 g/mol. The van der Waals surface area contributed by atoms with Gasteiger partial charge in [0.1, 0.15) is 11.2 Å². The molecule has 0 aliphatic rings. The van der Waals surface area contributed by atoms with E-state index in [-0.39, 0.29) is 5.41 Å². The summed E-state index contributed by atoms with van der Waals surface area (Å²) in [5.41, 5.74) is 4.69. The maximum Gasteiger partial charge on any atom is 0.139 e. The molecule has 0 spiro atoms. The van der Waals surface area contributed by atoms with E-state index in [1.807, 2.05) is 0 Å². The second-order valence-corrected chi connectivity index (χ2v) is 7.15. The summed E-state index contributed by atoms with van der Waals surface area (Å²) < 4.78 is 6.30. The molecule has 0 aliphatic carbocycles. The van der Waals surface area contributed by atoms with Gasteiger partial charge < -0.3 is 4.42 Å². The van der Waals surface area contributed by atoms with Crippen LogP contribution < -0.4 is 0 Å². The first-order valence-corrected chi connectivity index (χ1v) is 7.81. The summed E-state index contributed by atoms with van der Waals surface area (Å²) in [6.45, 7) is 8.92. The molecule has 4 aromatic rings. The number of hydrogen-bond acceptors (Lipinski definition) is 1. The topological polar surface area (TPSA) is 13.1 Å². The Kier molecular flexibility index (Phi) is 2.65. The lowest BCUT2D eigenvalue weighted by Crippen LogP contribution is -2.13. The van der Waals surface area contributed by atoms with E-state index in [0.717, 1.165) is 11.2 Å². The lowest BCUT2D eigenvalue weighted by Gasteiger charge is -2.21. The van der Waals surface area contributed by atoms with E-state index in [0.29, 0.717) is 0 Å². The standard InChI is InChI=1S/C21H20O/c1-13-9-11-16-18-15-8-6-5-7-14(15)10-12-17(18)22-20(16)19(13)21(2,3)4/h5-12H,1-4H3. The fraction of sp³-hybridized carbons (Fsp3) is 0.238. The molecular weight excluding hydrogens is 268 g/mol. The zero-order chi connectivity index (χ0) is 15.5. The van der Waals surface area contributed by atoms with E-state index >= 15 is 0 Å². The fourth-order valence-corrected chi connectivity index (χ4v) is 3.64. The third kappa shape index (κ3) is 1.78. The predicted molar refractivity (Wildman–Crippen MR) is 94.7 cm³/mol. The van der Waals surface area contributed by atoms with E-state index in [1.54, 1.807) is 0 Å². The Morgan fingerprint density at radius 2 is 1.59 bits per heavy atom. The zero-order valence-corrected chi connectivity index (χ0v) is 13.5. The summed E-state index contributed by atoms with van der Waals surface area (Å²) in [4.78, 5) is 0. The first-order valence-electron chi connectivity index (χ1n) is 7.81. The lowest BCUT2D eigenvalue weighted by atomic mass is 9.83. The van der Waals surface area contributed by atoms with Crippen molar-refractivity contribution in [3.05, 3.63) is 59.7 Å². The third-order valence-electron chi connectivity index (χ3n) is 4.49. The van der Waals surface area contributed by atoms with Gasteiger partial charge in [-0.3, -0.25) is 0 Å². The van der Waals surface area contributed by atoms with Crippen molar-refractivity contribution < 1.29 is 4.42 Å². The van der Waals surface area contributed by atoms with Crippen LogP contribution in [-0.2, 0) is 5.41 Å². The predicted octanol–water partition coefficient (Wildman–Crippen LogP) is 6.35. The number of benzene rings is 3. The molecule has 0 atom stereocenters. The minimum Gasteiger partial charge on any atom is -0.456 e. The molecule has 0 unspecified atom stereocenters. The Hall–Kier alpha value is -2.28. The van der Waals surface area contributed by atoms with Gasteiger partial charge in [-0.2, -0.15) is 0 Å². The minimum atomic E-state index is 0.0628. The van der Waals surface area contributed by atoms with Gasteiger partial charge in [0.25, 0.3) is 0 Å². The van der Waals surface area contributed by atoms with E-state index in [1.165, 1.54) is 32.7 Å². The third-order valence-corrected chi connectivity index (χ3v) is 4.49. The first-order chi connectivity index (χ1) is 10.5. The molecule has 0 saturated carbocycles. The summed E-state index contributed by atoms with van der Waals surface area (Å²) >= 11 is 0. The molecule has 1 heteroatoms. The molecule has 3 aromatic carbocycles. The molecule has 0 bridgehead atoms. The van der Waals surface area contributed by atoms with Crippen LogP contribution in [0.4, 0.5) is 0 Å². The lowest BCUT2D eigenvalue weighted by molar-refractivity contribution is 0.569. The van der Waals surface area contributed by atoms with Crippen molar-refractivity contribution >= 4 is 32.7 Å². The summed E-state index contributed by atoms with van der Waals surface area (Å²) in [5.74, 6) is 0. The maximum atomic E-state index is 6.30. The highest BCUT2D eigenvalue weighted by Gasteiger charge is 2.23. The van der Waals surface area contributed by atoms with Gasteiger partial charge in [-0.1, -0.05) is 63.2 Å². The molecule has 1 heterocycles. The van der Waals surface area contributed by atoms with Crippen molar-refractivity contribution in [2.24, 2.45) is 0 Å². The van der Waals surface area contributed by atoms with Crippen LogP contribution in [0.5, 0.6) is 0 Å². The number of furan rings is 1.